The molecule has 0 aliphatic carbocycles. The van der Waals surface area contributed by atoms with E-state index in [0.717, 1.165) is 29.6 Å². The lowest BCUT2D eigenvalue weighted by molar-refractivity contribution is -0.137. The van der Waals surface area contributed by atoms with E-state index < -0.39 is 17.0 Å². The first-order valence-electron chi connectivity index (χ1n) is 8.24. The molecular weight excluding hydrogens is 377 g/mol. The number of carbonyl (C=O) groups is 2. The van der Waals surface area contributed by atoms with Crippen molar-refractivity contribution in [2.45, 2.75) is 36.7 Å². The van der Waals surface area contributed by atoms with Crippen molar-refractivity contribution in [3.8, 4) is 0 Å². The fourth-order valence-electron chi connectivity index (χ4n) is 2.31. The molecule has 0 bridgehead atoms. The van der Waals surface area contributed by atoms with E-state index in [1.54, 1.807) is 19.1 Å². The van der Waals surface area contributed by atoms with Crippen LogP contribution in [0.5, 0.6) is 0 Å². The fourth-order valence-corrected chi connectivity index (χ4v) is 3.17. The van der Waals surface area contributed by atoms with Crippen LogP contribution in [0.25, 0.3) is 0 Å². The van der Waals surface area contributed by atoms with Gasteiger partial charge in [0, 0.05) is 25.2 Å². The largest absolute Gasteiger partial charge is 0.417 e. The molecule has 4 nitrogen and oxygen atoms in total. The summed E-state index contributed by atoms with van der Waals surface area (Å²) in [6.07, 6.45) is -3.00. The van der Waals surface area contributed by atoms with Gasteiger partial charge in [0.25, 0.3) is 0 Å². The number of nitrogens with one attached hydrogen (secondary N) is 1. The van der Waals surface area contributed by atoms with E-state index in [1.165, 1.54) is 13.0 Å². The predicted octanol–water partition coefficient (Wildman–Crippen LogP) is 4.14. The average molecular weight is 396 g/mol. The number of alkyl halides is 3. The second kappa shape index (κ2) is 9.03. The van der Waals surface area contributed by atoms with Gasteiger partial charge in [-0.05, 0) is 31.0 Å². The Morgan fingerprint density at radius 3 is 2.33 bits per heavy atom. The Morgan fingerprint density at radius 2 is 1.81 bits per heavy atom. The molecule has 1 N–H and O–H groups in total. The first-order valence-corrected chi connectivity index (χ1v) is 9.12. The maximum Gasteiger partial charge on any atom is 0.417 e. The van der Waals surface area contributed by atoms with Crippen molar-refractivity contribution in [3.63, 3.8) is 0 Å². The van der Waals surface area contributed by atoms with Gasteiger partial charge in [-0.25, -0.2) is 4.98 Å². The molecule has 0 saturated carbocycles. The van der Waals surface area contributed by atoms with Gasteiger partial charge in [0.05, 0.1) is 15.8 Å². The molecule has 1 heterocycles. The van der Waals surface area contributed by atoms with E-state index in [9.17, 15) is 22.8 Å². The standard InChI is InChI=1S/C19H19F3N2O2S/c1-12(27-17-8-7-16(11-24-17)19(20,21)22)18(26)15-5-3-14(4-6-15)9-10-23-13(2)25/h3-8,11-12H,9-10H2,1-2H3,(H,23,25). The van der Waals surface area contributed by atoms with E-state index >= 15 is 0 Å². The number of hydrogen-bond donors (Lipinski definition) is 1. The van der Waals surface area contributed by atoms with E-state index in [-0.39, 0.29) is 11.7 Å². The normalized spacial score (nSPS) is 12.5. The summed E-state index contributed by atoms with van der Waals surface area (Å²) in [5.41, 5.74) is 0.691. The summed E-state index contributed by atoms with van der Waals surface area (Å²) in [6, 6.07) is 9.29. The molecule has 2 rings (SSSR count). The molecule has 27 heavy (non-hydrogen) atoms. The van der Waals surface area contributed by atoms with Crippen molar-refractivity contribution in [1.29, 1.82) is 0 Å². The zero-order valence-electron chi connectivity index (χ0n) is 14.8. The second-order valence-corrected chi connectivity index (χ2v) is 7.30. The van der Waals surface area contributed by atoms with Crippen molar-refractivity contribution >= 4 is 23.5 Å². The third-order valence-electron chi connectivity index (χ3n) is 3.76. The number of hydrogen-bond acceptors (Lipinski definition) is 4. The third kappa shape index (κ3) is 6.39. The number of thioether (sulfide) groups is 1. The molecule has 1 atom stereocenters. The Labute approximate surface area is 159 Å². The summed E-state index contributed by atoms with van der Waals surface area (Å²) in [7, 11) is 0. The summed E-state index contributed by atoms with van der Waals surface area (Å²) in [5, 5.41) is 2.57. The van der Waals surface area contributed by atoms with Gasteiger partial charge in [-0.2, -0.15) is 13.2 Å². The molecule has 0 aliphatic heterocycles. The molecule has 2 aromatic rings. The van der Waals surface area contributed by atoms with Gasteiger partial charge in [-0.1, -0.05) is 36.0 Å². The number of pyridine rings is 1. The van der Waals surface area contributed by atoms with E-state index in [0.29, 0.717) is 23.6 Å². The van der Waals surface area contributed by atoms with Crippen LogP contribution in [-0.4, -0.2) is 28.5 Å². The monoisotopic (exact) mass is 396 g/mol. The van der Waals surface area contributed by atoms with Gasteiger partial charge >= 0.3 is 6.18 Å². The zero-order valence-corrected chi connectivity index (χ0v) is 15.7. The first-order chi connectivity index (χ1) is 12.7. The van der Waals surface area contributed by atoms with Crippen LogP contribution in [0.3, 0.4) is 0 Å². The summed E-state index contributed by atoms with van der Waals surface area (Å²) in [5.74, 6) is -0.223. The molecule has 0 saturated heterocycles. The summed E-state index contributed by atoms with van der Waals surface area (Å²) >= 11 is 1.11. The van der Waals surface area contributed by atoms with Crippen molar-refractivity contribution in [2.75, 3.05) is 6.54 Å². The smallest absolute Gasteiger partial charge is 0.356 e. The summed E-state index contributed by atoms with van der Waals surface area (Å²) in [4.78, 5) is 27.1. The maximum atomic E-state index is 12.6. The highest BCUT2D eigenvalue weighted by molar-refractivity contribution is 8.00. The van der Waals surface area contributed by atoms with Crippen LogP contribution in [0.1, 0.15) is 35.3 Å². The molecule has 0 radical (unpaired) electrons. The average Bonchev–Trinajstić information content (AvgIpc) is 2.61. The Hall–Kier alpha value is -2.35. The zero-order chi connectivity index (χ0) is 20.0. The van der Waals surface area contributed by atoms with Crippen molar-refractivity contribution in [2.24, 2.45) is 0 Å². The van der Waals surface area contributed by atoms with Gasteiger partial charge < -0.3 is 5.32 Å². The quantitative estimate of drug-likeness (QED) is 0.564. The Bertz CT molecular complexity index is 790. The van der Waals surface area contributed by atoms with Gasteiger partial charge in [-0.15, -0.1) is 0 Å². The summed E-state index contributed by atoms with van der Waals surface area (Å²) < 4.78 is 37.7. The second-order valence-electron chi connectivity index (χ2n) is 5.94. The van der Waals surface area contributed by atoms with Gasteiger partial charge in [-0.3, -0.25) is 9.59 Å². The lowest BCUT2D eigenvalue weighted by atomic mass is 10.0. The SMILES string of the molecule is CC(=O)NCCc1ccc(C(=O)C(C)Sc2ccc(C(F)(F)F)cn2)cc1. The molecule has 0 aliphatic rings. The van der Waals surface area contributed by atoms with Crippen LogP contribution >= 0.6 is 11.8 Å². The van der Waals surface area contributed by atoms with E-state index in [1.807, 2.05) is 12.1 Å². The topological polar surface area (TPSA) is 59.1 Å². The fraction of sp³-hybridized carbons (Fsp3) is 0.316. The Balaban J connectivity index is 1.95. The van der Waals surface area contributed by atoms with Crippen LogP contribution < -0.4 is 5.32 Å². The van der Waals surface area contributed by atoms with E-state index in [2.05, 4.69) is 10.3 Å². The highest BCUT2D eigenvalue weighted by atomic mass is 32.2. The number of halogens is 3. The lowest BCUT2D eigenvalue weighted by Gasteiger charge is -2.11. The number of Topliss-reactive ketones (excluding diaryl/α,β-unsaturated/α-hetero) is 1. The molecule has 144 valence electrons. The Morgan fingerprint density at radius 1 is 1.15 bits per heavy atom. The van der Waals surface area contributed by atoms with Crippen LogP contribution in [-0.2, 0) is 17.4 Å². The molecule has 0 spiro atoms. The number of ketones is 1. The molecule has 1 amide bonds. The minimum absolute atomic E-state index is 0.0930. The number of rotatable bonds is 7. The highest BCUT2D eigenvalue weighted by Crippen LogP contribution is 2.30. The number of aromatic nitrogens is 1. The van der Waals surface area contributed by atoms with Crippen molar-refractivity contribution in [1.82, 2.24) is 10.3 Å². The molecule has 1 aromatic heterocycles. The molecule has 0 fully saturated rings. The van der Waals surface area contributed by atoms with E-state index in [4.69, 9.17) is 0 Å². The molecule has 1 aromatic carbocycles. The summed E-state index contributed by atoms with van der Waals surface area (Å²) in [6.45, 7) is 3.66. The Kier molecular flexibility index (Phi) is 7.01. The lowest BCUT2D eigenvalue weighted by Crippen LogP contribution is -2.22. The number of nitrogens with zero attached hydrogens (tertiary/aromatic N) is 1. The van der Waals surface area contributed by atoms with Gasteiger partial charge in [0.15, 0.2) is 5.78 Å². The van der Waals surface area contributed by atoms with Gasteiger partial charge in [0.1, 0.15) is 0 Å². The molecule has 8 heteroatoms. The highest BCUT2D eigenvalue weighted by Gasteiger charge is 2.30. The third-order valence-corrected chi connectivity index (χ3v) is 4.81. The number of benzene rings is 1. The van der Waals surface area contributed by atoms with Crippen LogP contribution in [0.2, 0.25) is 0 Å². The van der Waals surface area contributed by atoms with Crippen molar-refractivity contribution < 1.29 is 22.8 Å². The van der Waals surface area contributed by atoms with Crippen LogP contribution in [0, 0.1) is 0 Å². The van der Waals surface area contributed by atoms with Crippen LogP contribution in [0.15, 0.2) is 47.6 Å². The maximum absolute atomic E-state index is 12.6. The van der Waals surface area contributed by atoms with Crippen molar-refractivity contribution in [3.05, 3.63) is 59.3 Å². The number of carbonyl (C=O) groups excluding carboxylic acids is 2. The minimum Gasteiger partial charge on any atom is -0.356 e. The molecule has 1 unspecified atom stereocenters. The first kappa shape index (κ1) is 21.0. The number of amides is 1. The molecular formula is C19H19F3N2O2S. The predicted molar refractivity (Wildman–Crippen MR) is 97.7 cm³/mol. The van der Waals surface area contributed by atoms with Crippen LogP contribution in [0.4, 0.5) is 13.2 Å². The van der Waals surface area contributed by atoms with Gasteiger partial charge in [0.2, 0.25) is 5.91 Å². The minimum atomic E-state index is -4.43.